The lowest BCUT2D eigenvalue weighted by Crippen LogP contribution is -2.57. The number of carbonyl (C=O) groups is 2. The number of likely N-dealkylation sites (tertiary alicyclic amines) is 1. The van der Waals surface area contributed by atoms with Crippen LogP contribution >= 0.6 is 0 Å². The van der Waals surface area contributed by atoms with E-state index in [0.29, 0.717) is 37.0 Å². The van der Waals surface area contributed by atoms with Crippen molar-refractivity contribution in [1.29, 1.82) is 0 Å². The number of benzene rings is 1. The number of rotatable bonds is 4. The van der Waals surface area contributed by atoms with E-state index in [1.807, 2.05) is 4.90 Å². The summed E-state index contributed by atoms with van der Waals surface area (Å²) in [6.07, 6.45) is 1.86. The highest BCUT2D eigenvalue weighted by Crippen LogP contribution is 2.18. The maximum absolute atomic E-state index is 12.7. The van der Waals surface area contributed by atoms with E-state index in [1.165, 1.54) is 4.68 Å². The minimum Gasteiger partial charge on any atom is -0.341 e. The number of aromatic amines is 1. The van der Waals surface area contributed by atoms with Crippen molar-refractivity contribution in [2.24, 2.45) is 0 Å². The van der Waals surface area contributed by atoms with Gasteiger partial charge in [0.2, 0.25) is 11.8 Å². The van der Waals surface area contributed by atoms with Gasteiger partial charge < -0.3 is 15.1 Å². The molecule has 4 rings (SSSR count). The molecule has 0 aliphatic carbocycles. The summed E-state index contributed by atoms with van der Waals surface area (Å²) >= 11 is 0. The van der Waals surface area contributed by atoms with Crippen molar-refractivity contribution in [3.8, 4) is 0 Å². The zero-order chi connectivity index (χ0) is 20.4. The summed E-state index contributed by atoms with van der Waals surface area (Å²) < 4.78 is 1.21. The van der Waals surface area contributed by atoms with Gasteiger partial charge >= 0.3 is 0 Å². The molecule has 1 aromatic carbocycles. The molecule has 9 nitrogen and oxygen atoms in total. The number of hydrogen-bond donors (Lipinski definition) is 2. The molecule has 2 amide bonds. The number of piperazine rings is 1. The van der Waals surface area contributed by atoms with Gasteiger partial charge in [-0.05, 0) is 25.0 Å². The third-order valence-corrected chi connectivity index (χ3v) is 5.75. The van der Waals surface area contributed by atoms with Crippen molar-refractivity contribution >= 4 is 22.6 Å². The van der Waals surface area contributed by atoms with E-state index in [-0.39, 0.29) is 41.9 Å². The van der Waals surface area contributed by atoms with Gasteiger partial charge in [-0.1, -0.05) is 12.1 Å². The molecule has 154 valence electrons. The number of fused-ring (bicyclic) bond motifs is 1. The van der Waals surface area contributed by atoms with Gasteiger partial charge in [-0.25, -0.2) is 4.68 Å². The van der Waals surface area contributed by atoms with Crippen LogP contribution < -0.4 is 16.4 Å². The molecule has 1 aromatic heterocycles. The van der Waals surface area contributed by atoms with Crippen LogP contribution in [0.4, 0.5) is 0 Å². The van der Waals surface area contributed by atoms with E-state index < -0.39 is 0 Å². The van der Waals surface area contributed by atoms with Crippen molar-refractivity contribution in [3.63, 3.8) is 0 Å². The molecule has 0 spiro atoms. The van der Waals surface area contributed by atoms with Crippen LogP contribution in [0.2, 0.25) is 0 Å². The van der Waals surface area contributed by atoms with E-state index in [9.17, 15) is 19.2 Å². The molecule has 1 atom stereocenters. The molecule has 29 heavy (non-hydrogen) atoms. The number of H-pyrrole nitrogens is 1. The highest BCUT2D eigenvalue weighted by Gasteiger charge is 2.31. The third-order valence-electron chi connectivity index (χ3n) is 5.75. The van der Waals surface area contributed by atoms with Crippen molar-refractivity contribution in [1.82, 2.24) is 24.9 Å². The second kappa shape index (κ2) is 8.20. The number of aromatic nitrogens is 2. The van der Waals surface area contributed by atoms with Gasteiger partial charge in [0, 0.05) is 38.6 Å². The van der Waals surface area contributed by atoms with Crippen molar-refractivity contribution in [3.05, 3.63) is 45.0 Å². The second-order valence-electron chi connectivity index (χ2n) is 7.59. The number of hydrogen-bond acceptors (Lipinski definition) is 5. The van der Waals surface area contributed by atoms with Crippen LogP contribution in [0.1, 0.15) is 19.3 Å². The normalized spacial score (nSPS) is 20.3. The smallest absolute Gasteiger partial charge is 0.273 e. The summed E-state index contributed by atoms with van der Waals surface area (Å²) in [5.74, 6) is 0.00836. The molecule has 1 unspecified atom stereocenters. The maximum atomic E-state index is 12.7. The molecule has 2 saturated heterocycles. The highest BCUT2D eigenvalue weighted by molar-refractivity contribution is 5.81. The lowest BCUT2D eigenvalue weighted by atomic mass is 10.0. The Balaban J connectivity index is 1.43. The summed E-state index contributed by atoms with van der Waals surface area (Å²) in [7, 11) is 0. The molecule has 2 aliphatic rings. The Kier molecular flexibility index (Phi) is 5.48. The van der Waals surface area contributed by atoms with Gasteiger partial charge in [0.15, 0.2) is 0 Å². The molecule has 9 heteroatoms. The average molecular weight is 399 g/mol. The minimum atomic E-state index is -0.345. The first-order chi connectivity index (χ1) is 14.0. The van der Waals surface area contributed by atoms with Crippen LogP contribution in [0.3, 0.4) is 0 Å². The van der Waals surface area contributed by atoms with E-state index in [1.54, 1.807) is 29.2 Å². The summed E-state index contributed by atoms with van der Waals surface area (Å²) in [5, 5.41) is 6.32. The number of piperidine rings is 1. The Morgan fingerprint density at radius 1 is 1.10 bits per heavy atom. The first-order valence-corrected chi connectivity index (χ1v) is 10.0. The molecule has 0 radical (unpaired) electrons. The molecule has 2 fully saturated rings. The number of aryl methyl sites for hydroxylation is 1. The second-order valence-corrected chi connectivity index (χ2v) is 7.59. The fourth-order valence-corrected chi connectivity index (χ4v) is 4.21. The maximum Gasteiger partial charge on any atom is 0.273 e. The van der Waals surface area contributed by atoms with Crippen LogP contribution in [0.25, 0.3) is 10.8 Å². The van der Waals surface area contributed by atoms with E-state index in [2.05, 4.69) is 10.4 Å². The molecule has 2 aliphatic heterocycles. The van der Waals surface area contributed by atoms with Crippen molar-refractivity contribution in [2.75, 3.05) is 32.7 Å². The van der Waals surface area contributed by atoms with Gasteiger partial charge in [-0.3, -0.25) is 24.3 Å². The van der Waals surface area contributed by atoms with Crippen LogP contribution in [0.5, 0.6) is 0 Å². The predicted molar refractivity (Wildman–Crippen MR) is 108 cm³/mol. The zero-order valence-electron chi connectivity index (χ0n) is 16.2. The predicted octanol–water partition coefficient (Wildman–Crippen LogP) is -0.497. The molecular formula is C20H25N5O4. The van der Waals surface area contributed by atoms with Crippen LogP contribution in [-0.4, -0.2) is 70.2 Å². The fraction of sp³-hybridized carbons (Fsp3) is 0.500. The van der Waals surface area contributed by atoms with Gasteiger partial charge in [0.1, 0.15) is 0 Å². The van der Waals surface area contributed by atoms with Crippen LogP contribution in [0.15, 0.2) is 33.9 Å². The van der Waals surface area contributed by atoms with Gasteiger partial charge in [-0.15, -0.1) is 0 Å². The Labute approximate surface area is 167 Å². The molecular weight excluding hydrogens is 374 g/mol. The van der Waals surface area contributed by atoms with E-state index in [0.717, 1.165) is 19.4 Å². The lowest BCUT2D eigenvalue weighted by Gasteiger charge is -2.41. The van der Waals surface area contributed by atoms with Crippen molar-refractivity contribution < 1.29 is 9.59 Å². The molecule has 0 bridgehead atoms. The Hall–Kier alpha value is -2.94. The molecule has 3 heterocycles. The average Bonchev–Trinajstić information content (AvgIpc) is 2.75. The molecule has 2 aromatic rings. The Bertz CT molecular complexity index is 1040. The molecule has 2 N–H and O–H groups in total. The number of carbonyl (C=O) groups excluding carboxylic acids is 2. The van der Waals surface area contributed by atoms with Crippen LogP contribution in [0, 0.1) is 0 Å². The van der Waals surface area contributed by atoms with E-state index >= 15 is 0 Å². The monoisotopic (exact) mass is 399 g/mol. The standard InChI is InChI=1S/C20H25N5O4/c26-17(23-9-3-4-14(13-23)24-11-8-21-12-18(24)27)7-10-25-20(29)16-6-2-1-5-15(16)19(28)22-25/h1-2,5-6,14,21H,3-4,7-13H2,(H,22,28). The highest BCUT2D eigenvalue weighted by atomic mass is 16.2. The largest absolute Gasteiger partial charge is 0.341 e. The summed E-state index contributed by atoms with van der Waals surface area (Å²) in [4.78, 5) is 53.3. The lowest BCUT2D eigenvalue weighted by molar-refractivity contribution is -0.140. The van der Waals surface area contributed by atoms with Gasteiger partial charge in [0.05, 0.1) is 23.9 Å². The quantitative estimate of drug-likeness (QED) is 0.721. The first kappa shape index (κ1) is 19.4. The molecule has 0 saturated carbocycles. The summed E-state index contributed by atoms with van der Waals surface area (Å²) in [6, 6.07) is 6.69. The SMILES string of the molecule is O=C(CCn1[nH]c(=O)c2ccccc2c1=O)N1CCCC(N2CCNCC2=O)C1. The summed E-state index contributed by atoms with van der Waals surface area (Å²) in [6.45, 7) is 3.08. The van der Waals surface area contributed by atoms with Crippen LogP contribution in [-0.2, 0) is 16.1 Å². The first-order valence-electron chi connectivity index (χ1n) is 10.0. The number of nitrogens with zero attached hydrogens (tertiary/aromatic N) is 3. The van der Waals surface area contributed by atoms with E-state index in [4.69, 9.17) is 0 Å². The van der Waals surface area contributed by atoms with Gasteiger partial charge in [0.25, 0.3) is 11.1 Å². The number of amides is 2. The fourth-order valence-electron chi connectivity index (χ4n) is 4.21. The zero-order valence-corrected chi connectivity index (χ0v) is 16.2. The number of nitrogens with one attached hydrogen (secondary N) is 2. The van der Waals surface area contributed by atoms with Crippen molar-refractivity contribution in [2.45, 2.75) is 31.8 Å². The third kappa shape index (κ3) is 3.95. The topological polar surface area (TPSA) is 108 Å². The Morgan fingerprint density at radius 2 is 1.90 bits per heavy atom. The summed E-state index contributed by atoms with van der Waals surface area (Å²) in [5.41, 5.74) is -0.654. The Morgan fingerprint density at radius 3 is 2.69 bits per heavy atom. The minimum absolute atomic E-state index is 0.0468. The van der Waals surface area contributed by atoms with Gasteiger partial charge in [-0.2, -0.15) is 0 Å².